The zero-order chi connectivity index (χ0) is 17.5. The molecule has 0 radical (unpaired) electrons. The molecule has 1 heterocycles. The lowest BCUT2D eigenvalue weighted by Gasteiger charge is -2.09. The number of nitrogens with one attached hydrogen (secondary N) is 2. The molecule has 2 N–H and O–H groups in total. The maximum Gasteiger partial charge on any atom is 0.272 e. The number of amides is 2. The third-order valence-electron chi connectivity index (χ3n) is 3.66. The van der Waals surface area contributed by atoms with Crippen molar-refractivity contribution in [2.45, 2.75) is 13.3 Å². The number of carbonyl (C=O) groups excluding carboxylic acids is 2. The first-order valence-electron chi connectivity index (χ1n) is 7.68. The molecule has 0 unspecified atom stereocenters. The van der Waals surface area contributed by atoms with Crippen molar-refractivity contribution in [1.29, 1.82) is 0 Å². The normalized spacial score (nSPS) is 10.3. The van der Waals surface area contributed by atoms with E-state index in [-0.39, 0.29) is 18.4 Å². The van der Waals surface area contributed by atoms with Crippen LogP contribution < -0.4 is 15.4 Å². The Morgan fingerprint density at radius 1 is 1.25 bits per heavy atom. The number of para-hydroxylation sites is 1. The van der Waals surface area contributed by atoms with Crippen LogP contribution >= 0.6 is 0 Å². The second-order valence-corrected chi connectivity index (χ2v) is 5.39. The third kappa shape index (κ3) is 4.58. The number of ether oxygens (including phenoxy) is 1. The van der Waals surface area contributed by atoms with E-state index in [1.165, 1.54) is 0 Å². The highest BCUT2D eigenvalue weighted by Crippen LogP contribution is 2.17. The molecule has 0 saturated heterocycles. The van der Waals surface area contributed by atoms with E-state index >= 15 is 0 Å². The van der Waals surface area contributed by atoms with Gasteiger partial charge in [-0.2, -0.15) is 5.10 Å². The highest BCUT2D eigenvalue weighted by molar-refractivity contribution is 5.94. The fourth-order valence-electron chi connectivity index (χ4n) is 2.23. The number of hydrogen-bond acceptors (Lipinski definition) is 4. The summed E-state index contributed by atoms with van der Waals surface area (Å²) in [5.74, 6) is 0.190. The Labute approximate surface area is 141 Å². The molecule has 2 amide bonds. The van der Waals surface area contributed by atoms with Crippen molar-refractivity contribution in [2.24, 2.45) is 7.05 Å². The van der Waals surface area contributed by atoms with Gasteiger partial charge in [-0.15, -0.1) is 0 Å². The Morgan fingerprint density at radius 3 is 2.67 bits per heavy atom. The highest BCUT2D eigenvalue weighted by atomic mass is 16.5. The number of aromatic nitrogens is 2. The lowest BCUT2D eigenvalue weighted by Crippen LogP contribution is -2.37. The summed E-state index contributed by atoms with van der Waals surface area (Å²) in [5.41, 5.74) is 2.20. The summed E-state index contributed by atoms with van der Waals surface area (Å²) < 4.78 is 6.88. The van der Waals surface area contributed by atoms with Crippen LogP contribution in [0.1, 0.15) is 21.7 Å². The largest absolute Gasteiger partial charge is 0.496 e. The van der Waals surface area contributed by atoms with E-state index in [0.29, 0.717) is 18.7 Å². The quantitative estimate of drug-likeness (QED) is 0.787. The molecule has 0 fully saturated rings. The monoisotopic (exact) mass is 330 g/mol. The van der Waals surface area contributed by atoms with Crippen LogP contribution in [0.5, 0.6) is 5.75 Å². The van der Waals surface area contributed by atoms with Crippen molar-refractivity contribution < 1.29 is 14.3 Å². The molecule has 1 aromatic heterocycles. The minimum absolute atomic E-state index is 0.0830. The van der Waals surface area contributed by atoms with Gasteiger partial charge >= 0.3 is 0 Å². The van der Waals surface area contributed by atoms with E-state index in [1.807, 2.05) is 31.2 Å². The molecule has 7 heteroatoms. The van der Waals surface area contributed by atoms with E-state index in [9.17, 15) is 9.59 Å². The molecule has 2 rings (SSSR count). The summed E-state index contributed by atoms with van der Waals surface area (Å²) in [6.45, 7) is 2.24. The Balaban J connectivity index is 1.74. The van der Waals surface area contributed by atoms with E-state index in [1.54, 1.807) is 24.9 Å². The van der Waals surface area contributed by atoms with Crippen molar-refractivity contribution >= 4 is 11.8 Å². The molecule has 2 aromatic rings. The predicted octanol–water partition coefficient (Wildman–Crippen LogP) is 0.826. The molecule has 1 aromatic carbocycles. The van der Waals surface area contributed by atoms with E-state index < -0.39 is 0 Å². The molecule has 0 aliphatic heterocycles. The van der Waals surface area contributed by atoms with Gasteiger partial charge in [-0.3, -0.25) is 14.3 Å². The summed E-state index contributed by atoms with van der Waals surface area (Å²) in [4.78, 5) is 23.7. The van der Waals surface area contributed by atoms with Crippen LogP contribution in [0.3, 0.4) is 0 Å². The minimum atomic E-state index is -0.362. The Hall–Kier alpha value is -2.83. The number of aryl methyl sites for hydroxylation is 2. The molecule has 0 saturated carbocycles. The van der Waals surface area contributed by atoms with Crippen molar-refractivity contribution in [1.82, 2.24) is 20.4 Å². The van der Waals surface area contributed by atoms with Crippen LogP contribution in [0.4, 0.5) is 0 Å². The first-order chi connectivity index (χ1) is 11.5. The van der Waals surface area contributed by atoms with Gasteiger partial charge in [0.15, 0.2) is 0 Å². The second-order valence-electron chi connectivity index (χ2n) is 5.39. The number of nitrogens with zero attached hydrogens (tertiary/aromatic N) is 2. The van der Waals surface area contributed by atoms with Crippen molar-refractivity contribution in [3.8, 4) is 5.75 Å². The van der Waals surface area contributed by atoms with Crippen molar-refractivity contribution in [3.05, 3.63) is 47.3 Å². The lowest BCUT2D eigenvalue weighted by atomic mass is 10.1. The van der Waals surface area contributed by atoms with Gasteiger partial charge < -0.3 is 15.4 Å². The molecular weight excluding hydrogens is 308 g/mol. The van der Waals surface area contributed by atoms with Crippen LogP contribution in [0.15, 0.2) is 30.3 Å². The van der Waals surface area contributed by atoms with Gasteiger partial charge in [0.05, 0.1) is 13.7 Å². The lowest BCUT2D eigenvalue weighted by molar-refractivity contribution is -0.120. The molecule has 0 bridgehead atoms. The molecule has 0 spiro atoms. The number of carbonyl (C=O) groups is 2. The van der Waals surface area contributed by atoms with Crippen LogP contribution in [-0.4, -0.2) is 41.8 Å². The van der Waals surface area contributed by atoms with Crippen molar-refractivity contribution in [3.63, 3.8) is 0 Å². The zero-order valence-electron chi connectivity index (χ0n) is 14.1. The average molecular weight is 330 g/mol. The molecule has 0 aliphatic carbocycles. The van der Waals surface area contributed by atoms with Gasteiger partial charge in [-0.25, -0.2) is 0 Å². The van der Waals surface area contributed by atoms with Crippen LogP contribution in [0, 0.1) is 6.92 Å². The van der Waals surface area contributed by atoms with Crippen LogP contribution in [-0.2, 0) is 18.3 Å². The molecule has 24 heavy (non-hydrogen) atoms. The number of benzene rings is 1. The maximum atomic E-state index is 11.9. The Bertz CT molecular complexity index is 705. The molecule has 0 atom stereocenters. The highest BCUT2D eigenvalue weighted by Gasteiger charge is 2.12. The van der Waals surface area contributed by atoms with Gasteiger partial charge in [0, 0.05) is 19.3 Å². The number of rotatable bonds is 7. The second kappa shape index (κ2) is 8.14. The number of hydrogen-bond donors (Lipinski definition) is 2. The molecule has 7 nitrogen and oxygen atoms in total. The first kappa shape index (κ1) is 17.5. The van der Waals surface area contributed by atoms with Crippen molar-refractivity contribution in [2.75, 3.05) is 20.2 Å². The van der Waals surface area contributed by atoms with E-state index in [2.05, 4.69) is 15.7 Å². The smallest absolute Gasteiger partial charge is 0.272 e. The SMILES string of the molecule is COc1ccccc1CCNC(=O)CNC(=O)c1cc(C)n(C)n1. The first-order valence-corrected chi connectivity index (χ1v) is 7.68. The van der Waals surface area contributed by atoms with E-state index in [4.69, 9.17) is 4.74 Å². The Kier molecular flexibility index (Phi) is 5.95. The standard InChI is InChI=1S/C17H22N4O3/c1-12-10-14(20-21(12)2)17(23)19-11-16(22)18-9-8-13-6-4-5-7-15(13)24-3/h4-7,10H,8-9,11H2,1-3H3,(H,18,22)(H,19,23). The molecular formula is C17H22N4O3. The average Bonchev–Trinajstić information content (AvgIpc) is 2.92. The summed E-state index contributed by atoms with van der Waals surface area (Å²) in [7, 11) is 3.38. The predicted molar refractivity (Wildman–Crippen MR) is 90.0 cm³/mol. The van der Waals surface area contributed by atoms with Gasteiger partial charge in [0.25, 0.3) is 5.91 Å². The van der Waals surface area contributed by atoms with Gasteiger partial charge in [-0.1, -0.05) is 18.2 Å². The summed E-state index contributed by atoms with van der Waals surface area (Å²) >= 11 is 0. The maximum absolute atomic E-state index is 11.9. The Morgan fingerprint density at radius 2 is 2.00 bits per heavy atom. The fraction of sp³-hybridized carbons (Fsp3) is 0.353. The fourth-order valence-corrected chi connectivity index (χ4v) is 2.23. The third-order valence-corrected chi connectivity index (χ3v) is 3.66. The van der Waals surface area contributed by atoms with Gasteiger partial charge in [-0.05, 0) is 31.0 Å². The van der Waals surface area contributed by atoms with Crippen LogP contribution in [0.25, 0.3) is 0 Å². The summed E-state index contributed by atoms with van der Waals surface area (Å²) in [6.07, 6.45) is 0.656. The van der Waals surface area contributed by atoms with Gasteiger partial charge in [0.1, 0.15) is 11.4 Å². The summed E-state index contributed by atoms with van der Waals surface area (Å²) in [6, 6.07) is 9.34. The van der Waals surface area contributed by atoms with Crippen LogP contribution in [0.2, 0.25) is 0 Å². The van der Waals surface area contributed by atoms with Gasteiger partial charge in [0.2, 0.25) is 5.91 Å². The van der Waals surface area contributed by atoms with E-state index in [0.717, 1.165) is 17.0 Å². The zero-order valence-corrected chi connectivity index (χ0v) is 14.1. The minimum Gasteiger partial charge on any atom is -0.496 e. The summed E-state index contributed by atoms with van der Waals surface area (Å²) in [5, 5.41) is 9.40. The topological polar surface area (TPSA) is 85.3 Å². The molecule has 128 valence electrons. The molecule has 0 aliphatic rings. The number of methoxy groups -OCH3 is 1.